The molecule has 0 aliphatic carbocycles. The zero-order valence-corrected chi connectivity index (χ0v) is 24.5. The Bertz CT molecular complexity index is 1570. The topological polar surface area (TPSA) is 113 Å². The third-order valence-electron chi connectivity index (χ3n) is 6.05. The third kappa shape index (κ3) is 6.55. The van der Waals surface area contributed by atoms with Crippen molar-refractivity contribution in [1.82, 2.24) is 35.5 Å². The van der Waals surface area contributed by atoms with Crippen LogP contribution >= 0.6 is 38.6 Å². The van der Waals surface area contributed by atoms with Crippen molar-refractivity contribution in [2.75, 3.05) is 24.5 Å². The van der Waals surface area contributed by atoms with Gasteiger partial charge in [0.15, 0.2) is 10.7 Å². The molecule has 5 aromatic rings. The number of anilines is 1. The highest BCUT2D eigenvalue weighted by Gasteiger charge is 2.23. The highest BCUT2D eigenvalue weighted by atomic mass is 79.9. The van der Waals surface area contributed by atoms with E-state index in [1.165, 1.54) is 24.8 Å². The first-order valence-electron chi connectivity index (χ1n) is 12.4. The Balaban J connectivity index is 0.000000177. The van der Waals surface area contributed by atoms with E-state index in [9.17, 15) is 9.18 Å². The van der Waals surface area contributed by atoms with E-state index in [1.54, 1.807) is 22.9 Å². The first-order chi connectivity index (χ1) is 18.9. The molecule has 1 aliphatic heterocycles. The number of carbonyl (C=O) groups is 1. The second-order valence-corrected chi connectivity index (χ2v) is 11.9. The maximum atomic E-state index is 13.2. The summed E-state index contributed by atoms with van der Waals surface area (Å²) in [4.78, 5) is 30.6. The van der Waals surface area contributed by atoms with Gasteiger partial charge in [0.25, 0.3) is 0 Å². The van der Waals surface area contributed by atoms with E-state index in [1.807, 2.05) is 12.1 Å². The molecule has 6 rings (SSSR count). The molecule has 6 heterocycles. The van der Waals surface area contributed by atoms with Gasteiger partial charge in [-0.2, -0.15) is 9.49 Å². The van der Waals surface area contributed by atoms with Crippen molar-refractivity contribution >= 4 is 61.2 Å². The molecule has 0 spiro atoms. The molecule has 1 saturated heterocycles. The Hall–Kier alpha value is -3.13. The molecule has 202 valence electrons. The molecule has 13 heteroatoms. The lowest BCUT2D eigenvalue weighted by atomic mass is 10.0. The maximum absolute atomic E-state index is 13.2. The van der Waals surface area contributed by atoms with Crippen LogP contribution in [0.25, 0.3) is 21.7 Å². The quantitative estimate of drug-likeness (QED) is 0.185. The van der Waals surface area contributed by atoms with E-state index >= 15 is 0 Å². The summed E-state index contributed by atoms with van der Waals surface area (Å²) in [6, 6.07) is 7.41. The molecule has 0 amide bonds. The Morgan fingerprint density at radius 1 is 1.18 bits per heavy atom. The maximum Gasteiger partial charge on any atom is 0.226 e. The van der Waals surface area contributed by atoms with Gasteiger partial charge in [0, 0.05) is 54.2 Å². The number of fused-ring (bicyclic) bond motifs is 1. The van der Waals surface area contributed by atoms with Crippen molar-refractivity contribution < 1.29 is 9.18 Å². The number of nitrogens with one attached hydrogen (secondary N) is 2. The fourth-order valence-electron chi connectivity index (χ4n) is 4.33. The largest absolute Gasteiger partial charge is 0.353 e. The van der Waals surface area contributed by atoms with Crippen LogP contribution in [0.15, 0.2) is 52.0 Å². The van der Waals surface area contributed by atoms with Gasteiger partial charge >= 0.3 is 0 Å². The lowest BCUT2D eigenvalue weighted by molar-refractivity contribution is 0.103. The predicted molar refractivity (Wildman–Crippen MR) is 156 cm³/mol. The Kier molecular flexibility index (Phi) is 8.70. The van der Waals surface area contributed by atoms with E-state index in [2.05, 4.69) is 70.5 Å². The van der Waals surface area contributed by atoms with Crippen LogP contribution in [0.3, 0.4) is 0 Å². The second kappa shape index (κ2) is 12.4. The summed E-state index contributed by atoms with van der Waals surface area (Å²) in [5.41, 5.74) is 1.64. The third-order valence-corrected chi connectivity index (χ3v) is 8.44. The lowest BCUT2D eigenvalue weighted by Crippen LogP contribution is -2.51. The average Bonchev–Trinajstić information content (AvgIpc) is 3.68. The minimum Gasteiger partial charge on any atom is -0.353 e. The van der Waals surface area contributed by atoms with Crippen LogP contribution in [0, 0.1) is 11.9 Å². The van der Waals surface area contributed by atoms with Crippen LogP contribution < -0.4 is 10.2 Å². The summed E-state index contributed by atoms with van der Waals surface area (Å²) >= 11 is 5.95. The number of hydrogen-bond donors (Lipinski definition) is 2. The molecule has 1 atom stereocenters. The monoisotopic (exact) mass is 628 g/mol. The molecular weight excluding hydrogens is 603 g/mol. The standard InChI is InChI=1S/C17H22N6S.C9H4BrFN2OS/c1-11(2)8-12-9-23(7-6-18-12)14-10-24-17(20-14)15-13-4-3-5-19-16(13)22-21-15;10-6-4-15-9(13-6)7(14)5-2-1-3-12-8(5)11/h3-5,10-12,18H,6-9H2,1-2H3,(H,19,21,22);1-4H/t12-;/m0./s1. The number of carbonyl (C=O) groups excluding carboxylic acids is 1. The number of nitrogens with zero attached hydrogens (tertiary/aromatic N) is 6. The smallest absolute Gasteiger partial charge is 0.226 e. The fraction of sp³-hybridized carbons (Fsp3) is 0.308. The van der Waals surface area contributed by atoms with Gasteiger partial charge in [0.2, 0.25) is 11.7 Å². The van der Waals surface area contributed by atoms with Crippen molar-refractivity contribution in [3.63, 3.8) is 0 Å². The summed E-state index contributed by atoms with van der Waals surface area (Å²) < 4.78 is 13.7. The fourth-order valence-corrected chi connectivity index (χ4v) is 6.37. The number of rotatable bonds is 6. The van der Waals surface area contributed by atoms with Gasteiger partial charge in [-0.15, -0.1) is 22.7 Å². The zero-order chi connectivity index (χ0) is 27.4. The number of pyridine rings is 2. The molecule has 5 aromatic heterocycles. The van der Waals surface area contributed by atoms with Gasteiger partial charge in [0.05, 0.1) is 5.56 Å². The van der Waals surface area contributed by atoms with E-state index < -0.39 is 11.7 Å². The SMILES string of the molecule is CC(C)C[C@H]1CN(c2csc(-c3[nH]nc4ncccc34)n2)CCN1.O=C(c1nc(Br)cs1)c1cccnc1F. The molecule has 0 saturated carbocycles. The molecule has 39 heavy (non-hydrogen) atoms. The van der Waals surface area contributed by atoms with Crippen LogP contribution in [0.5, 0.6) is 0 Å². The second-order valence-electron chi connectivity index (χ2n) is 9.36. The van der Waals surface area contributed by atoms with Crippen molar-refractivity contribution in [2.45, 2.75) is 26.3 Å². The predicted octanol–water partition coefficient (Wildman–Crippen LogP) is 5.58. The number of hydrogen-bond acceptors (Lipinski definition) is 10. The van der Waals surface area contributed by atoms with Gasteiger partial charge in [-0.1, -0.05) is 13.8 Å². The van der Waals surface area contributed by atoms with E-state index in [0.29, 0.717) is 16.6 Å². The zero-order valence-electron chi connectivity index (χ0n) is 21.3. The van der Waals surface area contributed by atoms with Gasteiger partial charge in [-0.25, -0.2) is 19.9 Å². The van der Waals surface area contributed by atoms with Crippen molar-refractivity contribution in [3.8, 4) is 10.7 Å². The molecular formula is C26H26BrFN8OS2. The van der Waals surface area contributed by atoms with Gasteiger partial charge in [-0.3, -0.25) is 9.89 Å². The molecule has 9 nitrogen and oxygen atoms in total. The molecule has 0 unspecified atom stereocenters. The first-order valence-corrected chi connectivity index (χ1v) is 14.9. The normalized spacial score (nSPS) is 15.4. The summed E-state index contributed by atoms with van der Waals surface area (Å²) in [7, 11) is 0. The van der Waals surface area contributed by atoms with E-state index in [4.69, 9.17) is 4.98 Å². The average molecular weight is 630 g/mol. The summed E-state index contributed by atoms with van der Waals surface area (Å²) in [5, 5.41) is 17.0. The molecule has 1 aliphatic rings. The Labute approximate surface area is 241 Å². The molecule has 0 aromatic carbocycles. The van der Waals surface area contributed by atoms with Crippen molar-refractivity contribution in [2.24, 2.45) is 5.92 Å². The first kappa shape index (κ1) is 27.4. The van der Waals surface area contributed by atoms with E-state index in [-0.39, 0.29) is 10.6 Å². The van der Waals surface area contributed by atoms with Crippen molar-refractivity contribution in [1.29, 1.82) is 0 Å². The molecule has 2 N–H and O–H groups in total. The number of aromatic nitrogens is 6. The minimum absolute atomic E-state index is 0.0562. The minimum atomic E-state index is -0.770. The van der Waals surface area contributed by atoms with Crippen LogP contribution in [-0.2, 0) is 0 Å². The van der Waals surface area contributed by atoms with Gasteiger partial charge in [-0.05, 0) is 52.5 Å². The van der Waals surface area contributed by atoms with Crippen LogP contribution in [-0.4, -0.2) is 61.6 Å². The number of aromatic amines is 1. The molecule has 1 fully saturated rings. The Morgan fingerprint density at radius 2 is 2.00 bits per heavy atom. The highest BCUT2D eigenvalue weighted by Crippen LogP contribution is 2.31. The summed E-state index contributed by atoms with van der Waals surface area (Å²) in [6.45, 7) is 7.59. The number of piperazine rings is 1. The van der Waals surface area contributed by atoms with Gasteiger partial charge in [0.1, 0.15) is 21.1 Å². The van der Waals surface area contributed by atoms with Crippen LogP contribution in [0.2, 0.25) is 0 Å². The summed E-state index contributed by atoms with van der Waals surface area (Å²) in [5.74, 6) is 0.555. The number of H-pyrrole nitrogens is 1. The number of ketones is 1. The summed E-state index contributed by atoms with van der Waals surface area (Å²) in [6.07, 6.45) is 4.25. The number of thiazole rings is 2. The van der Waals surface area contributed by atoms with E-state index in [0.717, 1.165) is 58.5 Å². The van der Waals surface area contributed by atoms with Crippen molar-refractivity contribution in [3.05, 3.63) is 68.5 Å². The molecule has 0 radical (unpaired) electrons. The van der Waals surface area contributed by atoms with Crippen LogP contribution in [0.1, 0.15) is 35.6 Å². The van der Waals surface area contributed by atoms with Gasteiger partial charge < -0.3 is 10.2 Å². The Morgan fingerprint density at radius 3 is 2.77 bits per heavy atom. The highest BCUT2D eigenvalue weighted by molar-refractivity contribution is 9.10. The van der Waals surface area contributed by atoms with Crippen LogP contribution in [0.4, 0.5) is 10.2 Å². The lowest BCUT2D eigenvalue weighted by Gasteiger charge is -2.34. The number of halogens is 2. The molecule has 0 bridgehead atoms.